The molecule has 0 unspecified atom stereocenters. The van der Waals surface area contributed by atoms with Gasteiger partial charge in [-0.2, -0.15) is 0 Å². The fourth-order valence-corrected chi connectivity index (χ4v) is 1.26. The van der Waals surface area contributed by atoms with Gasteiger partial charge >= 0.3 is 0 Å². The third kappa shape index (κ3) is 2.85. The van der Waals surface area contributed by atoms with E-state index in [2.05, 4.69) is 5.32 Å². The van der Waals surface area contributed by atoms with Crippen molar-refractivity contribution in [1.82, 2.24) is 5.32 Å². The zero-order chi connectivity index (χ0) is 10.6. The second-order valence-electron chi connectivity index (χ2n) is 3.41. The second kappa shape index (κ2) is 4.77. The molecule has 1 atom stereocenters. The minimum Gasteiger partial charge on any atom is -0.358 e. The Hall–Kier alpha value is -1.35. The van der Waals surface area contributed by atoms with E-state index in [-0.39, 0.29) is 5.91 Å². The van der Waals surface area contributed by atoms with Gasteiger partial charge in [-0.05, 0) is 18.9 Å². The fraction of sp³-hybridized carbons (Fsp3) is 0.364. The number of nitrogens with one attached hydrogen (secondary N) is 1. The summed E-state index contributed by atoms with van der Waals surface area (Å²) >= 11 is 0. The van der Waals surface area contributed by atoms with Crippen molar-refractivity contribution in [2.24, 2.45) is 5.73 Å². The maximum atomic E-state index is 11.1. The van der Waals surface area contributed by atoms with Gasteiger partial charge in [0, 0.05) is 7.05 Å². The van der Waals surface area contributed by atoms with E-state index in [0.29, 0.717) is 6.42 Å². The molecule has 0 aromatic heterocycles. The molecule has 0 saturated heterocycles. The zero-order valence-corrected chi connectivity index (χ0v) is 8.58. The van der Waals surface area contributed by atoms with Crippen molar-refractivity contribution >= 4 is 5.91 Å². The first kappa shape index (κ1) is 10.7. The van der Waals surface area contributed by atoms with Gasteiger partial charge in [-0.25, -0.2) is 0 Å². The van der Waals surface area contributed by atoms with E-state index in [1.54, 1.807) is 7.05 Å². The molecule has 0 saturated carbocycles. The number of nitrogens with two attached hydrogens (primary N) is 1. The van der Waals surface area contributed by atoms with Crippen LogP contribution in [0.15, 0.2) is 24.3 Å². The van der Waals surface area contributed by atoms with E-state index in [0.717, 1.165) is 5.56 Å². The largest absolute Gasteiger partial charge is 0.358 e. The van der Waals surface area contributed by atoms with Gasteiger partial charge in [-0.3, -0.25) is 4.79 Å². The highest BCUT2D eigenvalue weighted by Gasteiger charge is 2.11. The summed E-state index contributed by atoms with van der Waals surface area (Å²) in [5, 5.41) is 2.53. The summed E-state index contributed by atoms with van der Waals surface area (Å²) in [6.45, 7) is 2.03. The molecule has 1 aromatic rings. The van der Waals surface area contributed by atoms with Crippen LogP contribution >= 0.6 is 0 Å². The highest BCUT2D eigenvalue weighted by Crippen LogP contribution is 2.05. The van der Waals surface area contributed by atoms with Gasteiger partial charge in [-0.1, -0.05) is 29.8 Å². The quantitative estimate of drug-likeness (QED) is 0.737. The highest BCUT2D eigenvalue weighted by molar-refractivity contribution is 5.81. The highest BCUT2D eigenvalue weighted by atomic mass is 16.2. The maximum absolute atomic E-state index is 11.1. The predicted octanol–water partition coefficient (Wildman–Crippen LogP) is 0.611. The van der Waals surface area contributed by atoms with Gasteiger partial charge in [0.25, 0.3) is 0 Å². The van der Waals surface area contributed by atoms with Crippen LogP contribution < -0.4 is 11.1 Å². The van der Waals surface area contributed by atoms with Gasteiger partial charge in [0.1, 0.15) is 0 Å². The van der Waals surface area contributed by atoms with Gasteiger partial charge in [0.15, 0.2) is 0 Å². The number of amides is 1. The number of benzene rings is 1. The van der Waals surface area contributed by atoms with Crippen molar-refractivity contribution in [3.05, 3.63) is 35.4 Å². The molecule has 3 nitrogen and oxygen atoms in total. The molecule has 0 aliphatic rings. The smallest absolute Gasteiger partial charge is 0.237 e. The lowest BCUT2D eigenvalue weighted by molar-refractivity contribution is -0.121. The van der Waals surface area contributed by atoms with Crippen LogP contribution in [0.5, 0.6) is 0 Å². The molecule has 0 spiro atoms. The monoisotopic (exact) mass is 192 g/mol. The lowest BCUT2D eigenvalue weighted by Crippen LogP contribution is -2.40. The van der Waals surface area contributed by atoms with Crippen molar-refractivity contribution < 1.29 is 4.79 Å². The number of rotatable bonds is 3. The molecule has 1 aromatic carbocycles. The molecule has 14 heavy (non-hydrogen) atoms. The molecule has 0 aliphatic heterocycles. The second-order valence-corrected chi connectivity index (χ2v) is 3.41. The Morgan fingerprint density at radius 1 is 1.43 bits per heavy atom. The molecule has 76 valence electrons. The first-order valence-electron chi connectivity index (χ1n) is 4.66. The maximum Gasteiger partial charge on any atom is 0.237 e. The summed E-state index contributed by atoms with van der Waals surface area (Å²) in [6.07, 6.45) is 0.583. The minimum absolute atomic E-state index is 0.120. The van der Waals surface area contributed by atoms with Gasteiger partial charge in [0.05, 0.1) is 6.04 Å². The summed E-state index contributed by atoms with van der Waals surface area (Å²) in [5.74, 6) is -0.120. The van der Waals surface area contributed by atoms with Crippen LogP contribution in [0, 0.1) is 6.92 Å². The van der Waals surface area contributed by atoms with Crippen LogP contribution in [0.2, 0.25) is 0 Å². The third-order valence-corrected chi connectivity index (χ3v) is 2.16. The number of hydrogen-bond acceptors (Lipinski definition) is 2. The first-order valence-corrected chi connectivity index (χ1v) is 4.66. The van der Waals surface area contributed by atoms with E-state index in [4.69, 9.17) is 5.73 Å². The SMILES string of the molecule is CNC(=O)[C@@H](N)Cc1ccc(C)cc1. The molecule has 3 heteroatoms. The van der Waals surface area contributed by atoms with Crippen LogP contribution in [0.4, 0.5) is 0 Å². The van der Waals surface area contributed by atoms with Crippen LogP contribution in [0.3, 0.4) is 0 Å². The van der Waals surface area contributed by atoms with E-state index in [1.807, 2.05) is 31.2 Å². The summed E-state index contributed by atoms with van der Waals surface area (Å²) in [7, 11) is 1.59. The fourth-order valence-electron chi connectivity index (χ4n) is 1.26. The summed E-state index contributed by atoms with van der Waals surface area (Å²) in [5.41, 5.74) is 7.99. The Balaban J connectivity index is 2.60. The third-order valence-electron chi connectivity index (χ3n) is 2.16. The molecule has 1 rings (SSSR count). The first-order chi connectivity index (χ1) is 6.63. The van der Waals surface area contributed by atoms with Gasteiger partial charge in [-0.15, -0.1) is 0 Å². The van der Waals surface area contributed by atoms with Gasteiger partial charge < -0.3 is 11.1 Å². The molecular formula is C11H16N2O. The van der Waals surface area contributed by atoms with Gasteiger partial charge in [0.2, 0.25) is 5.91 Å². The number of hydrogen-bond donors (Lipinski definition) is 2. The molecule has 0 heterocycles. The molecule has 0 fully saturated rings. The summed E-state index contributed by atoms with van der Waals surface area (Å²) in [4.78, 5) is 11.1. The van der Waals surface area contributed by atoms with Crippen LogP contribution in [0.1, 0.15) is 11.1 Å². The van der Waals surface area contributed by atoms with E-state index >= 15 is 0 Å². The van der Waals surface area contributed by atoms with Crippen LogP contribution in [-0.2, 0) is 11.2 Å². The van der Waals surface area contributed by atoms with E-state index in [9.17, 15) is 4.79 Å². The minimum atomic E-state index is -0.456. The zero-order valence-electron chi connectivity index (χ0n) is 8.58. The Bertz CT molecular complexity index is 306. The summed E-state index contributed by atoms with van der Waals surface area (Å²) < 4.78 is 0. The molecule has 0 radical (unpaired) electrons. The van der Waals surface area contributed by atoms with Crippen molar-refractivity contribution in [2.75, 3.05) is 7.05 Å². The number of likely N-dealkylation sites (N-methyl/N-ethyl adjacent to an activating group) is 1. The van der Waals surface area contributed by atoms with Crippen molar-refractivity contribution in [2.45, 2.75) is 19.4 Å². The Kier molecular flexibility index (Phi) is 3.65. The molecular weight excluding hydrogens is 176 g/mol. The van der Waals surface area contributed by atoms with E-state index < -0.39 is 6.04 Å². The van der Waals surface area contributed by atoms with Crippen molar-refractivity contribution in [3.8, 4) is 0 Å². The predicted molar refractivity (Wildman–Crippen MR) is 56.9 cm³/mol. The summed E-state index contributed by atoms with van der Waals surface area (Å²) in [6, 6.07) is 7.58. The Morgan fingerprint density at radius 3 is 2.50 bits per heavy atom. The lowest BCUT2D eigenvalue weighted by Gasteiger charge is -2.09. The van der Waals surface area contributed by atoms with Crippen LogP contribution in [0.25, 0.3) is 0 Å². The van der Waals surface area contributed by atoms with Crippen LogP contribution in [-0.4, -0.2) is 19.0 Å². The van der Waals surface area contributed by atoms with E-state index in [1.165, 1.54) is 5.56 Å². The molecule has 1 amide bonds. The lowest BCUT2D eigenvalue weighted by atomic mass is 10.0. The average molecular weight is 192 g/mol. The molecule has 0 aliphatic carbocycles. The van der Waals surface area contributed by atoms with Crippen molar-refractivity contribution in [1.29, 1.82) is 0 Å². The Morgan fingerprint density at radius 2 is 2.00 bits per heavy atom. The number of aryl methyl sites for hydroxylation is 1. The normalized spacial score (nSPS) is 12.2. The Labute approximate surface area is 84.3 Å². The number of carbonyl (C=O) groups excluding carboxylic acids is 1. The average Bonchev–Trinajstić information content (AvgIpc) is 2.20. The molecule has 0 bridgehead atoms. The topological polar surface area (TPSA) is 55.1 Å². The number of carbonyl (C=O) groups is 1. The van der Waals surface area contributed by atoms with Crippen molar-refractivity contribution in [3.63, 3.8) is 0 Å². The standard InChI is InChI=1S/C11H16N2O/c1-8-3-5-9(6-4-8)7-10(12)11(14)13-2/h3-6,10H,7,12H2,1-2H3,(H,13,14)/t10-/m0/s1. The molecule has 3 N–H and O–H groups in total.